The van der Waals surface area contributed by atoms with Crippen molar-refractivity contribution in [3.8, 4) is 34.5 Å². The number of nitrogens with zero attached hydrogens (tertiary/aromatic N) is 15. The van der Waals surface area contributed by atoms with E-state index in [1.807, 2.05) is 0 Å². The molecule has 4 atom stereocenters. The molecular weight excluding hydrogens is 1680 g/mol. The van der Waals surface area contributed by atoms with Gasteiger partial charge in [0.05, 0.1) is 121 Å². The molecule has 120 heavy (non-hydrogen) atoms. The number of piperidine rings is 1. The van der Waals surface area contributed by atoms with Crippen LogP contribution >= 0.6 is 69.6 Å². The number of urea groups is 3. The van der Waals surface area contributed by atoms with Crippen molar-refractivity contribution >= 4 is 175 Å². The number of imidazole rings is 1. The summed E-state index contributed by atoms with van der Waals surface area (Å²) in [6.07, 6.45) is 15.9. The molecule has 8 aromatic rings. The number of aromatic nitrogens is 8. The number of fused-ring (bicyclic) bond motifs is 3. The standard InChI is InChI=1S/C29H36Cl2N8O5.C27H24Cl2N8O4.C23H26Cl2N6O4/c1-6-22(40)33-18-14-38(27(41)16-7-9-36(2)10-8-16)15-19(18)34-28-32-12-17-13-39(29(42)37(3)26(17)35-28)25-23(30)20(43-4)11-21(44-5)24(25)31;1-4-21(38)33-17-7-5-6-8-18(17)34-26-31-10-15-12-36(24-22(28)19(40-2)9-20(41-3)23(24)29)27(39)37(25(15)35-26)13-16-11-30-14-32-16;1-5-17(32)27-13-7-6-8-14(13)28-22-26-10-12-11-31(23(33)30(2)21(12)29-22)20-18(24)15(34-3)9-16(35-4)19(20)25/h6,11-12,16,18-19H,1,7-10,13-15H2,2-5H3,(H,33,40)(H,32,34,35);4-11,14H,1,12-13H2,2-3H3,(H,30,32)(H,33,38)(H,31,34,35);5,9-10,13-14H,1,6-8,11H2,2-4H3,(H,27,32)(H,26,28,29)/t;;13-,14+/m..0/s1. The van der Waals surface area contributed by atoms with Gasteiger partial charge in [0, 0.05) is 105 Å². The third kappa shape index (κ3) is 18.6. The highest BCUT2D eigenvalue weighted by molar-refractivity contribution is 6.44. The quantitative estimate of drug-likeness (QED) is 0.0276. The number of hydrogen-bond donors (Lipinski definition) is 7. The van der Waals surface area contributed by atoms with E-state index in [-0.39, 0.29) is 139 Å². The van der Waals surface area contributed by atoms with E-state index in [0.717, 1.165) is 45.2 Å². The first-order valence-electron chi connectivity index (χ1n) is 37.4. The van der Waals surface area contributed by atoms with Crippen molar-refractivity contribution < 1.29 is 62.0 Å². The predicted molar refractivity (Wildman–Crippen MR) is 459 cm³/mol. The third-order valence-corrected chi connectivity index (χ3v) is 22.9. The third-order valence-electron chi connectivity index (χ3n) is 20.7. The Hall–Kier alpha value is -11.9. The molecule has 0 spiro atoms. The number of likely N-dealkylation sites (tertiary alicyclic amines) is 2. The number of H-pyrrole nitrogens is 1. The van der Waals surface area contributed by atoms with Crippen LogP contribution in [0.3, 0.4) is 0 Å². The number of amides is 10. The summed E-state index contributed by atoms with van der Waals surface area (Å²) < 4.78 is 32.2. The van der Waals surface area contributed by atoms with Gasteiger partial charge in [0.2, 0.25) is 41.5 Å². The van der Waals surface area contributed by atoms with Crippen LogP contribution in [0.25, 0.3) is 0 Å². The van der Waals surface area contributed by atoms with Gasteiger partial charge < -0.3 is 75.1 Å². The number of aromatic amines is 1. The van der Waals surface area contributed by atoms with Crippen LogP contribution in [0, 0.1) is 5.92 Å². The zero-order chi connectivity index (χ0) is 86.1. The molecule has 14 rings (SSSR count). The van der Waals surface area contributed by atoms with Crippen molar-refractivity contribution in [2.24, 2.45) is 5.92 Å². The lowest BCUT2D eigenvalue weighted by Crippen LogP contribution is -2.48. The number of methoxy groups -OCH3 is 6. The summed E-state index contributed by atoms with van der Waals surface area (Å²) in [6, 6.07) is 9.64. The summed E-state index contributed by atoms with van der Waals surface area (Å²) in [6.45, 7) is 13.4. The fourth-order valence-corrected chi connectivity index (χ4v) is 16.6. The summed E-state index contributed by atoms with van der Waals surface area (Å²) in [5, 5.41) is 19.3. The molecule has 2 saturated heterocycles. The van der Waals surface area contributed by atoms with E-state index in [1.54, 1.807) is 86.2 Å². The maximum Gasteiger partial charge on any atom is 0.330 e. The highest BCUT2D eigenvalue weighted by Crippen LogP contribution is 2.52. The maximum absolute atomic E-state index is 14.1. The lowest BCUT2D eigenvalue weighted by atomic mass is 9.96. The molecule has 4 aromatic heterocycles. The number of para-hydroxylation sites is 2. The van der Waals surface area contributed by atoms with Gasteiger partial charge in [-0.1, -0.05) is 101 Å². The van der Waals surface area contributed by atoms with Crippen LogP contribution in [0.2, 0.25) is 30.1 Å². The van der Waals surface area contributed by atoms with Crippen LogP contribution in [0.5, 0.6) is 34.5 Å². The summed E-state index contributed by atoms with van der Waals surface area (Å²) in [7, 11) is 14.0. The second-order valence-corrected chi connectivity index (χ2v) is 30.3. The average Bonchev–Trinajstić information content (AvgIpc) is 0.891. The van der Waals surface area contributed by atoms with E-state index in [1.165, 1.54) is 96.6 Å². The molecule has 35 nitrogen and oxygen atoms in total. The van der Waals surface area contributed by atoms with Gasteiger partial charge in [-0.2, -0.15) is 15.0 Å². The van der Waals surface area contributed by atoms with Crippen LogP contribution in [-0.4, -0.2) is 206 Å². The summed E-state index contributed by atoms with van der Waals surface area (Å²) in [5.74, 6) is 3.04. The van der Waals surface area contributed by atoms with Gasteiger partial charge in [-0.25, -0.2) is 34.3 Å². The number of halogens is 6. The Morgan fingerprint density at radius 3 is 1.37 bits per heavy atom. The number of hydrogen-bond acceptors (Lipinski definition) is 24. The van der Waals surface area contributed by atoms with Crippen LogP contribution < -0.4 is 89.7 Å². The SMILES string of the molecule is C=CC(=O)NC1CN(C(=O)C2CCN(C)CC2)CC1Nc1ncc2c(n1)N(C)C(=O)N(c1c(Cl)c(OC)cc(OC)c1Cl)C2.C=CC(=O)N[C@H]1CCC[C@H]1Nc1ncc2c(n1)N(C)C(=O)N(c1c(Cl)c(OC)cc(OC)c1Cl)C2.C=CC(=O)Nc1ccccc1Nc1ncc2c(n1)N(Cc1cnc[nH]1)C(=O)N(c1c(Cl)c(OC)cc(OC)c1Cl)C2. The first-order chi connectivity index (χ1) is 57.7. The lowest BCUT2D eigenvalue weighted by Gasteiger charge is -2.37. The Labute approximate surface area is 720 Å². The first-order valence-corrected chi connectivity index (χ1v) is 39.7. The van der Waals surface area contributed by atoms with Crippen LogP contribution in [0.15, 0.2) is 112 Å². The van der Waals surface area contributed by atoms with Crippen molar-refractivity contribution in [2.45, 2.75) is 82.5 Å². The van der Waals surface area contributed by atoms with Gasteiger partial charge in [0.15, 0.2) is 0 Å². The van der Waals surface area contributed by atoms with Crippen LogP contribution in [0.4, 0.5) is 78.1 Å². The fraction of sp³-hybridized carbons (Fsp3) is 0.342. The molecule has 4 aromatic carbocycles. The molecule has 0 bridgehead atoms. The molecular formula is C79H86Cl6N22O13. The smallest absolute Gasteiger partial charge is 0.330 e. The zero-order valence-corrected chi connectivity index (χ0v) is 71.2. The molecule has 2 unspecified atom stereocenters. The van der Waals surface area contributed by atoms with Crippen molar-refractivity contribution in [1.82, 2.24) is 60.3 Å². The molecule has 5 aliphatic heterocycles. The van der Waals surface area contributed by atoms with Gasteiger partial charge in [0.25, 0.3) is 0 Å². The molecule has 1 saturated carbocycles. The van der Waals surface area contributed by atoms with Gasteiger partial charge in [-0.3, -0.25) is 48.6 Å². The van der Waals surface area contributed by atoms with Gasteiger partial charge >= 0.3 is 18.1 Å². The van der Waals surface area contributed by atoms with E-state index < -0.39 is 18.1 Å². The van der Waals surface area contributed by atoms with Crippen molar-refractivity contribution in [1.29, 1.82) is 0 Å². The van der Waals surface area contributed by atoms with Crippen LogP contribution in [0.1, 0.15) is 54.5 Å². The summed E-state index contributed by atoms with van der Waals surface area (Å²) in [4.78, 5) is 137. The van der Waals surface area contributed by atoms with E-state index >= 15 is 0 Å². The average molecular weight is 1760 g/mol. The minimum Gasteiger partial charge on any atom is -0.495 e. The highest BCUT2D eigenvalue weighted by Gasteiger charge is 2.43. The largest absolute Gasteiger partial charge is 0.495 e. The van der Waals surface area contributed by atoms with Crippen molar-refractivity contribution in [2.75, 3.05) is 141 Å². The van der Waals surface area contributed by atoms with E-state index in [2.05, 4.69) is 103 Å². The summed E-state index contributed by atoms with van der Waals surface area (Å²) in [5.41, 5.74) is 4.44. The Balaban J connectivity index is 0.000000166. The molecule has 6 aliphatic rings. The normalized spacial score (nSPS) is 17.5. The molecule has 10 amide bonds. The molecule has 9 heterocycles. The highest BCUT2D eigenvalue weighted by atomic mass is 35.5. The van der Waals surface area contributed by atoms with Gasteiger partial charge in [0.1, 0.15) is 82.1 Å². The number of rotatable bonds is 24. The monoisotopic (exact) mass is 1760 g/mol. The number of anilines is 11. The number of nitrogens with one attached hydrogen (secondary N) is 7. The van der Waals surface area contributed by atoms with Gasteiger partial charge in [-0.15, -0.1) is 0 Å². The molecule has 0 radical (unpaired) electrons. The second-order valence-electron chi connectivity index (χ2n) is 28.0. The number of carbonyl (C=O) groups is 7. The van der Waals surface area contributed by atoms with Crippen molar-refractivity contribution in [3.63, 3.8) is 0 Å². The van der Waals surface area contributed by atoms with E-state index in [9.17, 15) is 33.6 Å². The minimum atomic E-state index is -0.450. The van der Waals surface area contributed by atoms with Crippen LogP contribution in [-0.2, 0) is 45.4 Å². The molecule has 632 valence electrons. The topological polar surface area (TPSA) is 379 Å². The molecule has 3 fully saturated rings. The maximum atomic E-state index is 14.1. The second kappa shape index (κ2) is 38.5. The Bertz CT molecular complexity index is 5200. The fourth-order valence-electron chi connectivity index (χ4n) is 14.5. The lowest BCUT2D eigenvalue weighted by molar-refractivity contribution is -0.136. The zero-order valence-electron chi connectivity index (χ0n) is 66.6. The number of carbonyl (C=O) groups excluding carboxylic acids is 7. The first kappa shape index (κ1) is 87.5. The predicted octanol–water partition coefficient (Wildman–Crippen LogP) is 12.6. The summed E-state index contributed by atoms with van der Waals surface area (Å²) >= 11 is 39.6. The Kier molecular flexibility index (Phi) is 28.0. The van der Waals surface area contributed by atoms with Gasteiger partial charge in [-0.05, 0) is 82.6 Å². The number of benzene rings is 4. The van der Waals surface area contributed by atoms with E-state index in [4.69, 9.17) is 98.0 Å². The van der Waals surface area contributed by atoms with E-state index in [0.29, 0.717) is 105 Å². The molecule has 41 heteroatoms. The molecule has 1 aliphatic carbocycles. The Morgan fingerprint density at radius 2 is 0.917 bits per heavy atom. The minimum absolute atomic E-state index is 0.0279. The van der Waals surface area contributed by atoms with Crippen molar-refractivity contribution in [3.05, 3.63) is 164 Å². The number of ether oxygens (including phenoxy) is 6. The Morgan fingerprint density at radius 1 is 0.508 bits per heavy atom. The molecule has 7 N–H and O–H groups in total.